The molecule has 6 aromatic heterocycles. The van der Waals surface area contributed by atoms with Gasteiger partial charge in [0, 0.05) is 35.3 Å². The molecule has 8 nitrogen and oxygen atoms in total. The SMILES string of the molecule is c1ccc(COc2cncc(-c3cnc4n[nH]c(-c5nc6nccc(-c7ccsc7)c6[nH]5)c4c3)c2)cc1. The van der Waals surface area contributed by atoms with E-state index in [1.165, 1.54) is 0 Å². The molecule has 0 atom stereocenters. The number of nitrogens with zero attached hydrogens (tertiary/aromatic N) is 5. The molecule has 0 fully saturated rings. The molecule has 0 bridgehead atoms. The summed E-state index contributed by atoms with van der Waals surface area (Å²) < 4.78 is 5.97. The van der Waals surface area contributed by atoms with Crippen LogP contribution in [0, 0.1) is 0 Å². The van der Waals surface area contributed by atoms with Crippen LogP contribution in [-0.4, -0.2) is 35.1 Å². The van der Waals surface area contributed by atoms with Crippen LogP contribution in [0.1, 0.15) is 5.56 Å². The first-order valence-electron chi connectivity index (χ1n) is 11.7. The molecule has 0 aliphatic heterocycles. The molecule has 0 saturated heterocycles. The monoisotopic (exact) mass is 501 g/mol. The number of nitrogens with one attached hydrogen (secondary N) is 2. The Morgan fingerprint density at radius 3 is 2.68 bits per heavy atom. The van der Waals surface area contributed by atoms with Gasteiger partial charge in [0.25, 0.3) is 0 Å². The van der Waals surface area contributed by atoms with Crippen LogP contribution in [0.15, 0.2) is 90.1 Å². The lowest BCUT2D eigenvalue weighted by molar-refractivity contribution is 0.305. The first-order chi connectivity index (χ1) is 18.3. The second-order valence-electron chi connectivity index (χ2n) is 8.53. The number of thiophene rings is 1. The standard InChI is InChI=1S/C28H19N7OS/c1-2-4-17(5-3-1)15-36-21-10-19(12-29-14-21)20-11-23-25(34-35-26(23)31-13-20)28-32-24-22(18-7-9-37-16-18)6-8-30-27(24)33-28/h1-14,16H,15H2,(H,30,32,33)(H,31,34,35). The summed E-state index contributed by atoms with van der Waals surface area (Å²) >= 11 is 1.66. The number of H-pyrrole nitrogens is 2. The Morgan fingerprint density at radius 2 is 1.78 bits per heavy atom. The highest BCUT2D eigenvalue weighted by Gasteiger charge is 2.17. The Morgan fingerprint density at radius 1 is 0.865 bits per heavy atom. The molecular weight excluding hydrogens is 482 g/mol. The predicted octanol–water partition coefficient (Wildman–Crippen LogP) is 6.27. The maximum atomic E-state index is 5.97. The van der Waals surface area contributed by atoms with Crippen LogP contribution in [0.3, 0.4) is 0 Å². The fourth-order valence-corrected chi connectivity index (χ4v) is 4.98. The van der Waals surface area contributed by atoms with E-state index in [2.05, 4.69) is 47.0 Å². The van der Waals surface area contributed by atoms with Crippen molar-refractivity contribution >= 4 is 33.5 Å². The van der Waals surface area contributed by atoms with Gasteiger partial charge < -0.3 is 9.72 Å². The number of hydrogen-bond acceptors (Lipinski definition) is 7. The van der Waals surface area contributed by atoms with E-state index in [9.17, 15) is 0 Å². The summed E-state index contributed by atoms with van der Waals surface area (Å²) in [4.78, 5) is 21.6. The largest absolute Gasteiger partial charge is 0.487 e. The number of benzene rings is 1. The third kappa shape index (κ3) is 4.01. The molecule has 0 saturated carbocycles. The van der Waals surface area contributed by atoms with Crippen molar-refractivity contribution in [3.63, 3.8) is 0 Å². The van der Waals surface area contributed by atoms with E-state index in [0.29, 0.717) is 29.5 Å². The maximum Gasteiger partial charge on any atom is 0.181 e. The topological polar surface area (TPSA) is 105 Å². The van der Waals surface area contributed by atoms with Crippen LogP contribution in [0.2, 0.25) is 0 Å². The van der Waals surface area contributed by atoms with Crippen molar-refractivity contribution in [2.45, 2.75) is 6.61 Å². The van der Waals surface area contributed by atoms with Crippen LogP contribution in [-0.2, 0) is 6.61 Å². The number of ether oxygens (including phenoxy) is 1. The van der Waals surface area contributed by atoms with Gasteiger partial charge in [-0.15, -0.1) is 0 Å². The minimum atomic E-state index is 0.475. The summed E-state index contributed by atoms with van der Waals surface area (Å²) in [7, 11) is 0. The Kier molecular flexibility index (Phi) is 5.18. The Balaban J connectivity index is 1.24. The van der Waals surface area contributed by atoms with Crippen molar-refractivity contribution in [2.24, 2.45) is 0 Å². The second-order valence-corrected chi connectivity index (χ2v) is 9.31. The Hall–Kier alpha value is -4.89. The first-order valence-corrected chi connectivity index (χ1v) is 12.6. The number of rotatable bonds is 6. The van der Waals surface area contributed by atoms with Gasteiger partial charge in [-0.3, -0.25) is 10.1 Å². The summed E-state index contributed by atoms with van der Waals surface area (Å²) in [5.74, 6) is 1.35. The van der Waals surface area contributed by atoms with Crippen molar-refractivity contribution in [1.29, 1.82) is 0 Å². The van der Waals surface area contributed by atoms with Crippen molar-refractivity contribution in [1.82, 2.24) is 35.1 Å². The van der Waals surface area contributed by atoms with Crippen LogP contribution in [0.4, 0.5) is 0 Å². The minimum absolute atomic E-state index is 0.475. The van der Waals surface area contributed by atoms with E-state index >= 15 is 0 Å². The van der Waals surface area contributed by atoms with Gasteiger partial charge in [0.2, 0.25) is 0 Å². The zero-order valence-electron chi connectivity index (χ0n) is 19.4. The van der Waals surface area contributed by atoms with Crippen molar-refractivity contribution in [3.05, 3.63) is 95.7 Å². The number of fused-ring (bicyclic) bond motifs is 2. The third-order valence-corrected chi connectivity index (χ3v) is 6.85. The zero-order chi connectivity index (χ0) is 24.6. The molecule has 7 aromatic rings. The van der Waals surface area contributed by atoms with Crippen molar-refractivity contribution < 1.29 is 4.74 Å². The number of aromatic nitrogens is 7. The summed E-state index contributed by atoms with van der Waals surface area (Å²) in [6.07, 6.45) is 7.09. The van der Waals surface area contributed by atoms with E-state index in [4.69, 9.17) is 9.72 Å². The highest BCUT2D eigenvalue weighted by atomic mass is 32.1. The number of aromatic amines is 2. The quantitative estimate of drug-likeness (QED) is 0.278. The molecule has 9 heteroatoms. The fourth-order valence-electron chi connectivity index (χ4n) is 4.32. The minimum Gasteiger partial charge on any atom is -0.487 e. The summed E-state index contributed by atoms with van der Waals surface area (Å²) in [6.45, 7) is 0.475. The lowest BCUT2D eigenvalue weighted by atomic mass is 10.1. The molecule has 178 valence electrons. The summed E-state index contributed by atoms with van der Waals surface area (Å²) in [5, 5.41) is 12.5. The molecule has 2 N–H and O–H groups in total. The molecule has 0 amide bonds. The van der Waals surface area contributed by atoms with Crippen LogP contribution < -0.4 is 4.74 Å². The third-order valence-electron chi connectivity index (χ3n) is 6.17. The van der Waals surface area contributed by atoms with Crippen molar-refractivity contribution in [2.75, 3.05) is 0 Å². The lowest BCUT2D eigenvalue weighted by Gasteiger charge is -2.08. The molecule has 1 aromatic carbocycles. The molecule has 37 heavy (non-hydrogen) atoms. The molecule has 0 spiro atoms. The lowest BCUT2D eigenvalue weighted by Crippen LogP contribution is -1.96. The summed E-state index contributed by atoms with van der Waals surface area (Å²) in [6, 6.07) is 18.2. The average molecular weight is 502 g/mol. The maximum absolute atomic E-state index is 5.97. The second kappa shape index (κ2) is 8.96. The molecule has 0 unspecified atom stereocenters. The van der Waals surface area contributed by atoms with E-state index in [-0.39, 0.29) is 0 Å². The van der Waals surface area contributed by atoms with Gasteiger partial charge >= 0.3 is 0 Å². The van der Waals surface area contributed by atoms with Gasteiger partial charge in [0.1, 0.15) is 18.1 Å². The summed E-state index contributed by atoms with van der Waals surface area (Å²) in [5.41, 5.74) is 7.99. The number of hydrogen-bond donors (Lipinski definition) is 2. The number of pyridine rings is 3. The van der Waals surface area contributed by atoms with Crippen LogP contribution in [0.5, 0.6) is 5.75 Å². The number of imidazole rings is 1. The smallest absolute Gasteiger partial charge is 0.181 e. The molecule has 7 rings (SSSR count). The van der Waals surface area contributed by atoms with Gasteiger partial charge in [0.15, 0.2) is 17.1 Å². The van der Waals surface area contributed by atoms with Gasteiger partial charge in [-0.1, -0.05) is 30.3 Å². The molecule has 6 heterocycles. The van der Waals surface area contributed by atoms with E-state index in [1.807, 2.05) is 48.5 Å². The predicted molar refractivity (Wildman–Crippen MR) is 144 cm³/mol. The normalized spacial score (nSPS) is 11.4. The average Bonchev–Trinajstić information content (AvgIpc) is 3.71. The van der Waals surface area contributed by atoms with Gasteiger partial charge in [-0.2, -0.15) is 16.4 Å². The van der Waals surface area contributed by atoms with Crippen LogP contribution >= 0.6 is 11.3 Å². The zero-order valence-corrected chi connectivity index (χ0v) is 20.2. The fraction of sp³-hybridized carbons (Fsp3) is 0.0357. The van der Waals surface area contributed by atoms with E-state index in [0.717, 1.165) is 44.4 Å². The van der Waals surface area contributed by atoms with Gasteiger partial charge in [-0.25, -0.2) is 15.0 Å². The first kappa shape index (κ1) is 21.4. The van der Waals surface area contributed by atoms with E-state index < -0.39 is 0 Å². The molecular formula is C28H19N7OS. The van der Waals surface area contributed by atoms with Crippen molar-refractivity contribution in [3.8, 4) is 39.5 Å². The Labute approximate surface area is 215 Å². The highest BCUT2D eigenvalue weighted by Crippen LogP contribution is 2.32. The highest BCUT2D eigenvalue weighted by molar-refractivity contribution is 7.08. The van der Waals surface area contributed by atoms with Crippen LogP contribution in [0.25, 0.3) is 56.0 Å². The van der Waals surface area contributed by atoms with E-state index in [1.54, 1.807) is 36.1 Å². The molecule has 0 radical (unpaired) electrons. The van der Waals surface area contributed by atoms with Gasteiger partial charge in [0.05, 0.1) is 17.1 Å². The Bertz CT molecular complexity index is 1840. The van der Waals surface area contributed by atoms with Gasteiger partial charge in [-0.05, 0) is 46.2 Å². The molecule has 0 aliphatic rings. The molecule has 0 aliphatic carbocycles.